The Morgan fingerprint density at radius 2 is 1.96 bits per heavy atom. The van der Waals surface area contributed by atoms with Crippen LogP contribution in [0.2, 0.25) is 0 Å². The highest BCUT2D eigenvalue weighted by Gasteiger charge is 2.29. The van der Waals surface area contributed by atoms with E-state index < -0.39 is 0 Å². The van der Waals surface area contributed by atoms with Gasteiger partial charge < -0.3 is 14.2 Å². The third kappa shape index (κ3) is 4.37. The Kier molecular flexibility index (Phi) is 5.93. The van der Waals surface area contributed by atoms with Crippen LogP contribution in [0.1, 0.15) is 63.2 Å². The largest absolute Gasteiger partial charge is 0.497 e. The Hall–Kier alpha value is -2.37. The average molecular weight is 383 g/mol. The molecular formula is C22H29N3O3. The number of carbonyl (C=O) groups excluding carboxylic acids is 1. The first-order valence-electron chi connectivity index (χ1n) is 10.5. The number of carbonyl (C=O) groups is 1. The monoisotopic (exact) mass is 383 g/mol. The number of amides is 1. The number of aromatic nitrogens is 2. The fraction of sp³-hybridized carbons (Fsp3) is 0.591. The predicted octanol–water partition coefficient (Wildman–Crippen LogP) is 4.42. The number of hydrogen-bond donors (Lipinski definition) is 0. The van der Waals surface area contributed by atoms with Crippen molar-refractivity contribution in [2.75, 3.05) is 20.2 Å². The lowest BCUT2D eigenvalue weighted by Crippen LogP contribution is -2.39. The van der Waals surface area contributed by atoms with Gasteiger partial charge in [-0.15, -0.1) is 0 Å². The minimum Gasteiger partial charge on any atom is -0.497 e. The van der Waals surface area contributed by atoms with Crippen molar-refractivity contribution in [2.24, 2.45) is 5.92 Å². The van der Waals surface area contributed by atoms with Gasteiger partial charge in [-0.2, -0.15) is 4.98 Å². The van der Waals surface area contributed by atoms with Crippen LogP contribution in [0.5, 0.6) is 5.75 Å². The van der Waals surface area contributed by atoms with Crippen LogP contribution in [0.3, 0.4) is 0 Å². The molecule has 1 amide bonds. The lowest BCUT2D eigenvalue weighted by Gasteiger charge is -2.31. The van der Waals surface area contributed by atoms with Crippen molar-refractivity contribution in [3.05, 3.63) is 30.2 Å². The van der Waals surface area contributed by atoms with Crippen LogP contribution >= 0.6 is 0 Å². The zero-order valence-corrected chi connectivity index (χ0v) is 16.6. The van der Waals surface area contributed by atoms with Crippen LogP contribution in [0.4, 0.5) is 0 Å². The maximum absolute atomic E-state index is 12.7. The molecule has 0 spiro atoms. The zero-order valence-electron chi connectivity index (χ0n) is 16.6. The van der Waals surface area contributed by atoms with Crippen LogP contribution in [-0.2, 0) is 4.79 Å². The summed E-state index contributed by atoms with van der Waals surface area (Å²) < 4.78 is 10.7. The highest BCUT2D eigenvalue weighted by Crippen LogP contribution is 2.31. The van der Waals surface area contributed by atoms with Crippen LogP contribution in [-0.4, -0.2) is 41.1 Å². The van der Waals surface area contributed by atoms with Gasteiger partial charge in [-0.25, -0.2) is 0 Å². The average Bonchev–Trinajstić information content (AvgIpc) is 3.44. The summed E-state index contributed by atoms with van der Waals surface area (Å²) in [7, 11) is 1.64. The molecule has 1 aromatic carbocycles. The first-order valence-corrected chi connectivity index (χ1v) is 10.5. The third-order valence-corrected chi connectivity index (χ3v) is 6.15. The van der Waals surface area contributed by atoms with Gasteiger partial charge in [-0.05, 0) is 49.4 Å². The lowest BCUT2D eigenvalue weighted by molar-refractivity contribution is -0.132. The second-order valence-corrected chi connectivity index (χ2v) is 8.05. The molecule has 1 aliphatic carbocycles. The predicted molar refractivity (Wildman–Crippen MR) is 106 cm³/mol. The molecule has 0 N–H and O–H groups in total. The molecule has 2 fully saturated rings. The summed E-state index contributed by atoms with van der Waals surface area (Å²) in [5.74, 6) is 3.19. The summed E-state index contributed by atoms with van der Waals surface area (Å²) in [6.07, 6.45) is 8.95. The van der Waals surface area contributed by atoms with Crippen LogP contribution < -0.4 is 4.74 Å². The van der Waals surface area contributed by atoms with E-state index in [0.29, 0.717) is 24.7 Å². The highest BCUT2D eigenvalue weighted by molar-refractivity contribution is 5.76. The van der Waals surface area contributed by atoms with Crippen molar-refractivity contribution in [3.8, 4) is 17.1 Å². The lowest BCUT2D eigenvalue weighted by atomic mass is 9.96. The van der Waals surface area contributed by atoms with Gasteiger partial charge in [0.2, 0.25) is 17.6 Å². The molecule has 4 rings (SSSR count). The van der Waals surface area contributed by atoms with E-state index in [2.05, 4.69) is 10.1 Å². The zero-order chi connectivity index (χ0) is 19.3. The Morgan fingerprint density at radius 1 is 1.18 bits per heavy atom. The molecule has 0 bridgehead atoms. The van der Waals surface area contributed by atoms with Crippen molar-refractivity contribution in [3.63, 3.8) is 0 Å². The number of rotatable bonds is 6. The van der Waals surface area contributed by atoms with Crippen molar-refractivity contribution >= 4 is 5.91 Å². The molecule has 2 heterocycles. The molecular weight excluding hydrogens is 354 g/mol. The minimum absolute atomic E-state index is 0.128. The van der Waals surface area contributed by atoms with E-state index in [1.807, 2.05) is 29.2 Å². The van der Waals surface area contributed by atoms with Crippen LogP contribution in [0, 0.1) is 5.92 Å². The topological polar surface area (TPSA) is 68.5 Å². The number of methoxy groups -OCH3 is 1. The molecule has 1 saturated heterocycles. The summed E-state index contributed by atoms with van der Waals surface area (Å²) in [5.41, 5.74) is 0.899. The van der Waals surface area contributed by atoms with Gasteiger partial charge in [0, 0.05) is 25.1 Å². The second kappa shape index (κ2) is 8.76. The summed E-state index contributed by atoms with van der Waals surface area (Å²) in [6.45, 7) is 1.53. The molecule has 1 atom stereocenters. The summed E-state index contributed by atoms with van der Waals surface area (Å²) in [5, 5.41) is 4.15. The van der Waals surface area contributed by atoms with Crippen molar-refractivity contribution in [2.45, 2.75) is 57.3 Å². The molecule has 2 aliphatic rings. The first-order chi connectivity index (χ1) is 13.7. The van der Waals surface area contributed by atoms with Gasteiger partial charge in [0.25, 0.3) is 0 Å². The fourth-order valence-electron chi connectivity index (χ4n) is 4.45. The third-order valence-electron chi connectivity index (χ3n) is 6.15. The molecule has 1 aliphatic heterocycles. The molecule has 6 heteroatoms. The Labute approximate surface area is 166 Å². The van der Waals surface area contributed by atoms with E-state index in [-0.39, 0.29) is 11.8 Å². The van der Waals surface area contributed by atoms with E-state index in [1.54, 1.807) is 7.11 Å². The number of benzene rings is 1. The number of piperidine rings is 1. The number of ether oxygens (including phenoxy) is 1. The van der Waals surface area contributed by atoms with Crippen molar-refractivity contribution in [1.82, 2.24) is 15.0 Å². The van der Waals surface area contributed by atoms with Crippen LogP contribution in [0.25, 0.3) is 11.4 Å². The molecule has 1 aromatic heterocycles. The quantitative estimate of drug-likeness (QED) is 0.738. The van der Waals surface area contributed by atoms with Crippen molar-refractivity contribution < 1.29 is 14.1 Å². The summed E-state index contributed by atoms with van der Waals surface area (Å²) in [6, 6.07) is 7.62. The Balaban J connectivity index is 1.36. The number of nitrogens with zero attached hydrogens (tertiary/aromatic N) is 3. The maximum Gasteiger partial charge on any atom is 0.231 e. The summed E-state index contributed by atoms with van der Waals surface area (Å²) in [4.78, 5) is 19.3. The van der Waals surface area contributed by atoms with E-state index in [4.69, 9.17) is 9.26 Å². The molecule has 0 unspecified atom stereocenters. The normalized spacial score (nSPS) is 20.5. The molecule has 0 radical (unpaired) electrons. The van der Waals surface area contributed by atoms with E-state index in [0.717, 1.165) is 43.0 Å². The van der Waals surface area contributed by atoms with Crippen LogP contribution in [0.15, 0.2) is 28.8 Å². The summed E-state index contributed by atoms with van der Waals surface area (Å²) >= 11 is 0. The smallest absolute Gasteiger partial charge is 0.231 e. The van der Waals surface area contributed by atoms with Gasteiger partial charge in [0.1, 0.15) is 5.75 Å². The van der Waals surface area contributed by atoms with Gasteiger partial charge in [0.05, 0.1) is 13.0 Å². The number of likely N-dealkylation sites (tertiary alicyclic amines) is 1. The van der Waals surface area contributed by atoms with E-state index in [1.165, 1.54) is 25.7 Å². The van der Waals surface area contributed by atoms with E-state index >= 15 is 0 Å². The molecule has 2 aromatic rings. The molecule has 6 nitrogen and oxygen atoms in total. The molecule has 1 saturated carbocycles. The highest BCUT2D eigenvalue weighted by atomic mass is 16.5. The SMILES string of the molecule is COc1ccc(-c2noc([C@H]3CCCN(C(=O)CCC4CCCC4)C3)n2)cc1. The maximum atomic E-state index is 12.7. The van der Waals surface area contributed by atoms with Gasteiger partial charge in [0.15, 0.2) is 0 Å². The molecule has 28 heavy (non-hydrogen) atoms. The minimum atomic E-state index is 0.128. The number of hydrogen-bond acceptors (Lipinski definition) is 5. The van der Waals surface area contributed by atoms with Gasteiger partial charge in [-0.3, -0.25) is 4.79 Å². The van der Waals surface area contributed by atoms with Gasteiger partial charge >= 0.3 is 0 Å². The molecule has 150 valence electrons. The van der Waals surface area contributed by atoms with E-state index in [9.17, 15) is 4.79 Å². The van der Waals surface area contributed by atoms with Crippen molar-refractivity contribution in [1.29, 1.82) is 0 Å². The van der Waals surface area contributed by atoms with Gasteiger partial charge in [-0.1, -0.05) is 30.8 Å². The Morgan fingerprint density at radius 3 is 2.71 bits per heavy atom. The standard InChI is InChI=1S/C22H29N3O3/c1-27-19-11-9-17(10-12-19)21-23-22(28-24-21)18-7-4-14-25(15-18)20(26)13-8-16-5-2-3-6-16/h9-12,16,18H,2-8,13-15H2,1H3/t18-/m0/s1. The Bertz CT molecular complexity index is 781. The first kappa shape index (κ1) is 19.0. The second-order valence-electron chi connectivity index (χ2n) is 8.05. The fourth-order valence-corrected chi connectivity index (χ4v) is 4.45.